The zero-order chi connectivity index (χ0) is 31.2. The van der Waals surface area contributed by atoms with Gasteiger partial charge in [0.05, 0.1) is 0 Å². The predicted octanol–water partition coefficient (Wildman–Crippen LogP) is 7.88. The molecule has 0 saturated carbocycles. The van der Waals surface area contributed by atoms with Gasteiger partial charge in [0.1, 0.15) is 0 Å². The molecule has 0 radical (unpaired) electrons. The lowest BCUT2D eigenvalue weighted by molar-refractivity contribution is 0.410. The molecule has 7 heteroatoms. The molecule has 0 amide bonds. The van der Waals surface area contributed by atoms with Gasteiger partial charge in [0, 0.05) is 16.6 Å². The molecule has 0 aromatic heterocycles. The van der Waals surface area contributed by atoms with Crippen LogP contribution >= 0.6 is 8.60 Å². The van der Waals surface area contributed by atoms with Crippen LogP contribution in [0.4, 0.5) is 0 Å². The van der Waals surface area contributed by atoms with E-state index in [1.807, 2.05) is 0 Å². The SMILES string of the molecule is c1ccc(C([SiH2]OP(O[SiH2]C(c2ccccc2)c2ccccc2)O[SiH2]C(c2ccccc2)c2ccccc2)c2ccccc2)cc1. The molecular weight excluding hydrogens is 632 g/mol. The Balaban J connectivity index is 1.27. The van der Waals surface area contributed by atoms with Gasteiger partial charge in [0.25, 0.3) is 8.60 Å². The summed E-state index contributed by atoms with van der Waals surface area (Å²) in [4.78, 5) is 0. The summed E-state index contributed by atoms with van der Waals surface area (Å²) in [6.07, 6.45) is 0. The molecule has 0 bridgehead atoms. The largest absolute Gasteiger partial charge is 0.362 e. The van der Waals surface area contributed by atoms with Gasteiger partial charge in [-0.2, -0.15) is 0 Å². The van der Waals surface area contributed by atoms with Crippen molar-refractivity contribution in [3.05, 3.63) is 215 Å². The third-order valence-corrected chi connectivity index (χ3v) is 16.4. The molecule has 0 atom stereocenters. The fourth-order valence-electron chi connectivity index (χ4n) is 5.78. The summed E-state index contributed by atoms with van der Waals surface area (Å²) < 4.78 is 20.7. The summed E-state index contributed by atoms with van der Waals surface area (Å²) in [5.41, 5.74) is 8.31. The lowest BCUT2D eigenvalue weighted by atomic mass is 10.0. The first-order valence-electron chi connectivity index (χ1n) is 15.8. The van der Waals surface area contributed by atoms with Crippen LogP contribution in [0, 0.1) is 0 Å². The van der Waals surface area contributed by atoms with E-state index < -0.39 is 37.9 Å². The van der Waals surface area contributed by atoms with Crippen LogP contribution in [0.1, 0.15) is 50.0 Å². The van der Waals surface area contributed by atoms with Gasteiger partial charge in [-0.1, -0.05) is 182 Å². The monoisotopic (exact) mass is 670 g/mol. The van der Waals surface area contributed by atoms with Crippen molar-refractivity contribution in [2.24, 2.45) is 0 Å². The molecule has 6 rings (SSSR count). The van der Waals surface area contributed by atoms with Gasteiger partial charge in [-0.25, -0.2) is 0 Å². The average molecular weight is 671 g/mol. The Hall–Kier alpha value is -3.72. The van der Waals surface area contributed by atoms with Gasteiger partial charge >= 0.3 is 0 Å². The second kappa shape index (κ2) is 17.3. The smallest absolute Gasteiger partial charge is 0.298 e. The van der Waals surface area contributed by atoms with Gasteiger partial charge in [0.2, 0.25) is 0 Å². The van der Waals surface area contributed by atoms with Gasteiger partial charge in [-0.15, -0.1) is 0 Å². The summed E-state index contributed by atoms with van der Waals surface area (Å²) >= 11 is 0. The fraction of sp³-hybridized carbons (Fsp3) is 0.0769. The molecule has 6 aromatic rings. The number of rotatable bonds is 15. The minimum atomic E-state index is -1.52. The molecule has 0 fully saturated rings. The molecule has 0 aliphatic rings. The van der Waals surface area contributed by atoms with Crippen LogP contribution in [-0.2, 0) is 12.6 Å². The fourth-order valence-corrected chi connectivity index (χ4v) is 14.7. The predicted molar refractivity (Wildman–Crippen MR) is 200 cm³/mol. The van der Waals surface area contributed by atoms with Crippen LogP contribution < -0.4 is 0 Å². The van der Waals surface area contributed by atoms with Crippen molar-refractivity contribution in [3.8, 4) is 0 Å². The molecule has 230 valence electrons. The molecule has 0 aliphatic heterocycles. The minimum absolute atomic E-state index is 0.209. The Morgan fingerprint density at radius 1 is 0.283 bits per heavy atom. The van der Waals surface area contributed by atoms with Gasteiger partial charge in [0.15, 0.2) is 29.3 Å². The second-order valence-electron chi connectivity index (χ2n) is 11.2. The first-order valence-corrected chi connectivity index (χ1v) is 21.1. The van der Waals surface area contributed by atoms with E-state index >= 15 is 0 Å². The highest BCUT2D eigenvalue weighted by atomic mass is 31.2. The van der Waals surface area contributed by atoms with E-state index in [1.54, 1.807) is 0 Å². The average Bonchev–Trinajstić information content (AvgIpc) is 3.14. The van der Waals surface area contributed by atoms with E-state index in [1.165, 1.54) is 33.4 Å². The van der Waals surface area contributed by atoms with E-state index in [4.69, 9.17) is 12.6 Å². The van der Waals surface area contributed by atoms with Crippen molar-refractivity contribution in [2.45, 2.75) is 16.6 Å². The maximum atomic E-state index is 6.89. The van der Waals surface area contributed by atoms with Crippen LogP contribution in [0.25, 0.3) is 0 Å². The zero-order valence-corrected chi connectivity index (χ0v) is 31.0. The van der Waals surface area contributed by atoms with E-state index in [2.05, 4.69) is 182 Å². The van der Waals surface area contributed by atoms with Gasteiger partial charge in [-0.3, -0.25) is 0 Å². The molecule has 6 aromatic carbocycles. The summed E-state index contributed by atoms with van der Waals surface area (Å²) in [7, 11) is -4.92. The molecule has 0 heterocycles. The summed E-state index contributed by atoms with van der Waals surface area (Å²) in [6.45, 7) is 0. The molecule has 0 spiro atoms. The lowest BCUT2D eigenvalue weighted by Crippen LogP contribution is -2.18. The topological polar surface area (TPSA) is 27.7 Å². The van der Waals surface area contributed by atoms with E-state index in [-0.39, 0.29) is 16.6 Å². The van der Waals surface area contributed by atoms with Crippen LogP contribution in [0.15, 0.2) is 182 Å². The van der Waals surface area contributed by atoms with Crippen molar-refractivity contribution in [2.75, 3.05) is 0 Å². The first-order chi connectivity index (χ1) is 22.8. The standard InChI is InChI=1S/C39H39O3PSi3/c1-7-19-31(20-8-1)37(32-21-9-2-10-22-32)44-40-43(41-45-38(33-23-11-3-12-24-33)34-25-13-4-14-26-34)42-46-39(35-27-15-5-16-28-35)36-29-17-6-18-30-36/h1-30,37-39H,44-46H2. The first kappa shape index (κ1) is 32.2. The summed E-state index contributed by atoms with van der Waals surface area (Å²) in [5.74, 6) is 0. The van der Waals surface area contributed by atoms with Crippen LogP contribution in [0.3, 0.4) is 0 Å². The zero-order valence-electron chi connectivity index (χ0n) is 25.8. The van der Waals surface area contributed by atoms with Crippen molar-refractivity contribution in [3.63, 3.8) is 0 Å². The number of hydrogen-bond acceptors (Lipinski definition) is 3. The quantitative estimate of drug-likeness (QED) is 0.0822. The van der Waals surface area contributed by atoms with Gasteiger partial charge in [-0.05, 0) is 33.4 Å². The molecule has 0 N–H and O–H groups in total. The minimum Gasteiger partial charge on any atom is -0.362 e. The Labute approximate surface area is 281 Å². The molecule has 0 unspecified atom stereocenters. The lowest BCUT2D eigenvalue weighted by Gasteiger charge is -2.26. The third kappa shape index (κ3) is 8.96. The third-order valence-electron chi connectivity index (χ3n) is 8.25. The summed E-state index contributed by atoms with van der Waals surface area (Å²) in [6, 6.07) is 64.4. The van der Waals surface area contributed by atoms with Crippen molar-refractivity contribution in [1.82, 2.24) is 0 Å². The summed E-state index contributed by atoms with van der Waals surface area (Å²) in [5, 5.41) is 0. The Bertz CT molecular complexity index is 1380. The van der Waals surface area contributed by atoms with E-state index in [0.29, 0.717) is 0 Å². The maximum Gasteiger partial charge on any atom is 0.298 e. The van der Waals surface area contributed by atoms with Crippen molar-refractivity contribution >= 4 is 37.9 Å². The molecule has 0 aliphatic carbocycles. The highest BCUT2D eigenvalue weighted by Gasteiger charge is 2.25. The van der Waals surface area contributed by atoms with Gasteiger partial charge < -0.3 is 12.6 Å². The maximum absolute atomic E-state index is 6.89. The van der Waals surface area contributed by atoms with E-state index in [0.717, 1.165) is 0 Å². The van der Waals surface area contributed by atoms with E-state index in [9.17, 15) is 0 Å². The molecule has 0 saturated heterocycles. The van der Waals surface area contributed by atoms with Crippen molar-refractivity contribution in [1.29, 1.82) is 0 Å². The highest BCUT2D eigenvalue weighted by Crippen LogP contribution is 2.43. The number of hydrogen-bond donors (Lipinski definition) is 0. The Morgan fingerprint density at radius 2 is 0.457 bits per heavy atom. The normalized spacial score (nSPS) is 12.8. The van der Waals surface area contributed by atoms with Crippen LogP contribution in [0.5, 0.6) is 0 Å². The molecule has 46 heavy (non-hydrogen) atoms. The number of benzene rings is 6. The second-order valence-corrected chi connectivity index (χ2v) is 18.2. The van der Waals surface area contributed by atoms with Crippen LogP contribution in [0.2, 0.25) is 0 Å². The highest BCUT2D eigenvalue weighted by molar-refractivity contribution is 7.45. The Morgan fingerprint density at radius 3 is 0.630 bits per heavy atom. The molecule has 3 nitrogen and oxygen atoms in total. The van der Waals surface area contributed by atoms with Crippen molar-refractivity contribution < 1.29 is 12.6 Å². The Kier molecular flexibility index (Phi) is 12.1. The molecular formula is C39H39O3PSi3. The van der Waals surface area contributed by atoms with Crippen LogP contribution in [-0.4, -0.2) is 29.3 Å².